The number of hydrogen-bond acceptors (Lipinski definition) is 4. The summed E-state index contributed by atoms with van der Waals surface area (Å²) >= 11 is 6.18. The van der Waals surface area contributed by atoms with Gasteiger partial charge in [-0.1, -0.05) is 23.7 Å². The lowest BCUT2D eigenvalue weighted by Gasteiger charge is -2.25. The summed E-state index contributed by atoms with van der Waals surface area (Å²) in [6, 6.07) is 8.18. The van der Waals surface area contributed by atoms with Crippen LogP contribution in [-0.2, 0) is 4.74 Å². The number of aliphatic imine (C=N–C) groups is 1. The molecule has 0 radical (unpaired) electrons. The lowest BCUT2D eigenvalue weighted by Crippen LogP contribution is -2.32. The van der Waals surface area contributed by atoms with Crippen LogP contribution in [0.3, 0.4) is 0 Å². The third-order valence-corrected chi connectivity index (χ3v) is 3.06. The maximum Gasteiger partial charge on any atom is 0.282 e. The van der Waals surface area contributed by atoms with E-state index in [0.717, 1.165) is 23.8 Å². The van der Waals surface area contributed by atoms with Crippen LogP contribution in [0.1, 0.15) is 6.92 Å². The van der Waals surface area contributed by atoms with Crippen LogP contribution in [0.25, 0.3) is 0 Å². The van der Waals surface area contributed by atoms with Crippen LogP contribution in [-0.4, -0.2) is 31.8 Å². The zero-order valence-electron chi connectivity index (χ0n) is 9.77. The number of para-hydroxylation sites is 1. The van der Waals surface area contributed by atoms with Crippen LogP contribution >= 0.6 is 11.6 Å². The van der Waals surface area contributed by atoms with Crippen molar-refractivity contribution in [1.82, 2.24) is 0 Å². The number of likely N-dealkylation sites (N-methyl/N-ethyl adjacent to an activating group) is 1. The second-order valence-corrected chi connectivity index (χ2v) is 4.33. The molecule has 1 aromatic carbocycles. The number of benzene rings is 1. The van der Waals surface area contributed by atoms with Crippen molar-refractivity contribution < 1.29 is 4.74 Å². The number of amidine groups is 1. The summed E-state index contributed by atoms with van der Waals surface area (Å²) in [5.41, 5.74) is 6.52. The molecule has 5 heteroatoms. The molecule has 92 valence electrons. The van der Waals surface area contributed by atoms with Crippen molar-refractivity contribution in [2.75, 3.05) is 24.6 Å². The monoisotopic (exact) mass is 253 g/mol. The van der Waals surface area contributed by atoms with Gasteiger partial charge in [0.2, 0.25) is 0 Å². The molecule has 4 nitrogen and oxygen atoms in total. The number of nitrogens with two attached hydrogens (primary N) is 1. The van der Waals surface area contributed by atoms with Crippen molar-refractivity contribution in [3.8, 4) is 0 Å². The second kappa shape index (κ2) is 5.27. The Morgan fingerprint density at radius 3 is 2.88 bits per heavy atom. The molecule has 1 heterocycles. The quantitative estimate of drug-likeness (QED) is 0.892. The van der Waals surface area contributed by atoms with Crippen molar-refractivity contribution in [3.63, 3.8) is 0 Å². The van der Waals surface area contributed by atoms with E-state index in [2.05, 4.69) is 16.8 Å². The summed E-state index contributed by atoms with van der Waals surface area (Å²) in [6.07, 6.45) is 0. The predicted octanol–water partition coefficient (Wildman–Crippen LogP) is 1.88. The van der Waals surface area contributed by atoms with Crippen LogP contribution in [0.5, 0.6) is 0 Å². The highest BCUT2D eigenvalue weighted by atomic mass is 35.5. The zero-order valence-corrected chi connectivity index (χ0v) is 10.5. The number of hydrogen-bond donors (Lipinski definition) is 1. The molecule has 0 bridgehead atoms. The Kier molecular flexibility index (Phi) is 3.74. The number of halogens is 1. The normalized spacial score (nSPS) is 18.7. The summed E-state index contributed by atoms with van der Waals surface area (Å²) in [6.45, 7) is 4.27. The fraction of sp³-hybridized carbons (Fsp3) is 0.417. The van der Waals surface area contributed by atoms with Gasteiger partial charge in [0.25, 0.3) is 6.02 Å². The molecule has 1 aliphatic rings. The van der Waals surface area contributed by atoms with Gasteiger partial charge in [-0.2, -0.15) is 0 Å². The average Bonchev–Trinajstić information content (AvgIpc) is 2.73. The first kappa shape index (κ1) is 12.0. The fourth-order valence-corrected chi connectivity index (χ4v) is 2.15. The molecule has 17 heavy (non-hydrogen) atoms. The zero-order chi connectivity index (χ0) is 12.3. The molecular formula is C12H16ClN3O. The van der Waals surface area contributed by atoms with E-state index in [1.807, 2.05) is 24.3 Å². The number of rotatable bonds is 4. The molecule has 1 atom stereocenters. The maximum atomic E-state index is 6.18. The fourth-order valence-electron chi connectivity index (χ4n) is 1.89. The van der Waals surface area contributed by atoms with E-state index >= 15 is 0 Å². The third-order valence-electron chi connectivity index (χ3n) is 2.74. The van der Waals surface area contributed by atoms with Crippen LogP contribution in [0.2, 0.25) is 5.02 Å². The van der Waals surface area contributed by atoms with Crippen molar-refractivity contribution >= 4 is 23.3 Å². The summed E-state index contributed by atoms with van der Waals surface area (Å²) < 4.78 is 5.15. The molecule has 0 aliphatic carbocycles. The molecule has 1 aliphatic heterocycles. The predicted molar refractivity (Wildman–Crippen MR) is 70.7 cm³/mol. The smallest absolute Gasteiger partial charge is 0.282 e. The number of nitrogens with zero attached hydrogens (tertiary/aromatic N) is 2. The Balaban J connectivity index is 2.09. The minimum absolute atomic E-state index is 0.0891. The van der Waals surface area contributed by atoms with Gasteiger partial charge in [0.1, 0.15) is 12.6 Å². The molecule has 1 unspecified atom stereocenters. The van der Waals surface area contributed by atoms with Crippen LogP contribution in [0, 0.1) is 0 Å². The van der Waals surface area contributed by atoms with E-state index in [4.69, 9.17) is 22.1 Å². The molecule has 1 aromatic rings. The summed E-state index contributed by atoms with van der Waals surface area (Å²) in [7, 11) is 0. The van der Waals surface area contributed by atoms with Gasteiger partial charge >= 0.3 is 0 Å². The third kappa shape index (κ3) is 2.82. The van der Waals surface area contributed by atoms with E-state index in [-0.39, 0.29) is 12.1 Å². The summed E-state index contributed by atoms with van der Waals surface area (Å²) in [5, 5.41) is 0.755. The summed E-state index contributed by atoms with van der Waals surface area (Å²) in [4.78, 5) is 6.40. The lowest BCUT2D eigenvalue weighted by molar-refractivity contribution is 0.313. The van der Waals surface area contributed by atoms with Crippen molar-refractivity contribution in [2.45, 2.75) is 13.0 Å². The molecule has 0 fully saturated rings. The van der Waals surface area contributed by atoms with Gasteiger partial charge in [-0.3, -0.25) is 0 Å². The standard InChI is InChI=1S/C12H16ClN3O/c1-2-16(7-9-8-17-12(14)15-9)11-6-4-3-5-10(11)13/h3-6,9H,2,7-8H2,1H3,(H2,14,15). The van der Waals surface area contributed by atoms with Crippen LogP contribution in [0.4, 0.5) is 5.69 Å². The van der Waals surface area contributed by atoms with Gasteiger partial charge in [0, 0.05) is 13.1 Å². The highest BCUT2D eigenvalue weighted by Gasteiger charge is 2.20. The van der Waals surface area contributed by atoms with Gasteiger partial charge < -0.3 is 15.4 Å². The van der Waals surface area contributed by atoms with Crippen molar-refractivity contribution in [2.24, 2.45) is 10.7 Å². The Morgan fingerprint density at radius 2 is 2.29 bits per heavy atom. The highest BCUT2D eigenvalue weighted by molar-refractivity contribution is 6.33. The topological polar surface area (TPSA) is 50.9 Å². The summed E-state index contributed by atoms with van der Waals surface area (Å²) in [5.74, 6) is 0. The largest absolute Gasteiger partial charge is 0.463 e. The van der Waals surface area contributed by atoms with Gasteiger partial charge in [-0.05, 0) is 19.1 Å². The number of anilines is 1. The van der Waals surface area contributed by atoms with Crippen LogP contribution in [0.15, 0.2) is 29.3 Å². The van der Waals surface area contributed by atoms with Gasteiger partial charge in [-0.25, -0.2) is 4.99 Å². The first-order valence-corrected chi connectivity index (χ1v) is 6.04. The Hall–Kier alpha value is -1.42. The minimum Gasteiger partial charge on any atom is -0.463 e. The van der Waals surface area contributed by atoms with Crippen molar-refractivity contribution in [1.29, 1.82) is 0 Å². The van der Waals surface area contributed by atoms with Gasteiger partial charge in [-0.15, -0.1) is 0 Å². The van der Waals surface area contributed by atoms with Crippen LogP contribution < -0.4 is 10.6 Å². The Morgan fingerprint density at radius 1 is 1.53 bits per heavy atom. The molecule has 0 spiro atoms. The minimum atomic E-state index is 0.0891. The SMILES string of the molecule is CCN(CC1COC(N)=N1)c1ccccc1Cl. The molecule has 0 saturated carbocycles. The molecular weight excluding hydrogens is 238 g/mol. The van der Waals surface area contributed by atoms with Gasteiger partial charge in [0.15, 0.2) is 0 Å². The molecule has 0 amide bonds. The van der Waals surface area contributed by atoms with E-state index < -0.39 is 0 Å². The number of ether oxygens (including phenoxy) is 1. The van der Waals surface area contributed by atoms with E-state index in [9.17, 15) is 0 Å². The van der Waals surface area contributed by atoms with E-state index in [1.54, 1.807) is 0 Å². The molecule has 2 rings (SSSR count). The maximum absolute atomic E-state index is 6.18. The van der Waals surface area contributed by atoms with Gasteiger partial charge in [0.05, 0.1) is 10.7 Å². The van der Waals surface area contributed by atoms with E-state index in [0.29, 0.717) is 6.61 Å². The van der Waals surface area contributed by atoms with Crippen molar-refractivity contribution in [3.05, 3.63) is 29.3 Å². The van der Waals surface area contributed by atoms with E-state index in [1.165, 1.54) is 0 Å². The molecule has 2 N–H and O–H groups in total. The highest BCUT2D eigenvalue weighted by Crippen LogP contribution is 2.25. The molecule has 0 aromatic heterocycles. The first-order chi connectivity index (χ1) is 8.20. The molecule has 0 saturated heterocycles. The Labute approximate surface area is 106 Å². The lowest BCUT2D eigenvalue weighted by atomic mass is 10.2. The second-order valence-electron chi connectivity index (χ2n) is 3.92. The average molecular weight is 254 g/mol. The first-order valence-electron chi connectivity index (χ1n) is 5.66. The Bertz CT molecular complexity index is 422.